The largest absolute Gasteiger partial charge is 0.507 e. The van der Waals surface area contributed by atoms with Crippen molar-refractivity contribution >= 4 is 220 Å². The first kappa shape index (κ1) is 101. The predicted molar refractivity (Wildman–Crippen MR) is 541 cm³/mol. The summed E-state index contributed by atoms with van der Waals surface area (Å²) < 4.78 is 3.35. The summed E-state index contributed by atoms with van der Waals surface area (Å²) in [6.45, 7) is 27.5. The third-order valence-electron chi connectivity index (χ3n) is 25.7. The fourth-order valence-electron chi connectivity index (χ4n) is 18.7. The summed E-state index contributed by atoms with van der Waals surface area (Å²) in [6.07, 6.45) is 1.18. The number of phenolic OH excluding ortho intramolecular Hbond substituents is 12. The SMILES string of the molecule is CCC(CC(C)(c1cc(Br)c(O)c(Br)c1)c1cc(Br)c(O)c(Br)c1)(c1cc(Cl)c(O)c(Cl)c1)c1cc(Cl)c(O)c(Cl)c1.Cc1cc(C(C)(CC(C)(CC(C)(c2cc(C)c(O)c(C)c2)c2cc(C)c(O)c(C)c2)C(CC(C)(c2cc(Br)c(O)c(Br)c2)c2cc(Br)c(O)c(Br)c2)(c2cc(Cl)c(O)c(Cl)c2)c2cc(Cl)c(O)c(Cl)c2)c2cc(C)c(O)c(C)c2)cc(C)c1O. The zero-order valence-corrected chi connectivity index (χ0v) is 89.0. The first-order chi connectivity index (χ1) is 58.5. The summed E-state index contributed by atoms with van der Waals surface area (Å²) in [7, 11) is 0. The predicted octanol–water partition coefficient (Wildman–Crippen LogP) is 33.2. The van der Waals surface area contributed by atoms with Crippen LogP contribution in [0.25, 0.3) is 0 Å². The van der Waals surface area contributed by atoms with Crippen LogP contribution in [0.3, 0.4) is 0 Å². The van der Waals surface area contributed by atoms with Gasteiger partial charge in [0.2, 0.25) is 0 Å². The Hall–Kier alpha value is -5.60. The van der Waals surface area contributed by atoms with Crippen LogP contribution in [0.5, 0.6) is 69.0 Å². The summed E-state index contributed by atoms with van der Waals surface area (Å²) in [6, 6.07) is 44.1. The standard InChI is InChI=1S/C68H66Br4Cl4O8.C30H22Br4Cl4O4/c1-32-13-40(14-33(2)56(32)77)65(10,41-15-34(3)57(78)35(4)16-41)29-64(9,30-66(11,42-17-36(5)58(79)37(6)18-42)43-19-38(7)59(80)39(8)20-43)68(46-25-52(73)62(83)53(74)26-46,47-27-54(75)63(84)55(76)28-47)31-67(12,44-21-48(69)60(81)49(70)22-44)45-23-50(71)61(82)51(72)24-45;1-3-30(15-8-21(35)27(41)22(36)9-15,16-10-23(37)28(42)24(38)11-16)12-29(2,13-4-17(31)25(39)18(32)5-13)14-6-19(33)26(40)20(34)7-14/h13-28,77-84H,29-31H2,1-12H3;4-11,39-42H,3,12H2,1-2H3. The lowest BCUT2D eigenvalue weighted by atomic mass is 9.44. The maximum Gasteiger partial charge on any atom is 0.152 e. The van der Waals surface area contributed by atoms with Gasteiger partial charge in [-0.25, -0.2) is 0 Å². The number of hydrogen-bond acceptors (Lipinski definition) is 12. The van der Waals surface area contributed by atoms with E-state index in [-0.39, 0.29) is 128 Å². The van der Waals surface area contributed by atoms with E-state index in [1.54, 1.807) is 48.5 Å². The van der Waals surface area contributed by atoms with Gasteiger partial charge in [-0.1, -0.05) is 183 Å². The van der Waals surface area contributed by atoms with E-state index in [4.69, 9.17) is 92.8 Å². The van der Waals surface area contributed by atoms with Gasteiger partial charge in [-0.15, -0.1) is 0 Å². The third-order valence-corrected chi connectivity index (χ3v) is 32.8. The summed E-state index contributed by atoms with van der Waals surface area (Å²) in [5, 5.41) is 135. The molecule has 126 heavy (non-hydrogen) atoms. The number of aromatic hydroxyl groups is 12. The molecule has 0 heterocycles. The van der Waals surface area contributed by atoms with Crippen LogP contribution in [0.1, 0.15) is 185 Å². The Morgan fingerprint density at radius 3 is 0.548 bits per heavy atom. The third kappa shape index (κ3) is 18.8. The van der Waals surface area contributed by atoms with E-state index in [2.05, 4.69) is 155 Å². The summed E-state index contributed by atoms with van der Waals surface area (Å²) in [5.74, 6) is -0.698. The van der Waals surface area contributed by atoms with Crippen molar-refractivity contribution in [2.75, 3.05) is 0 Å². The fraction of sp³-hybridized carbons (Fsp3) is 0.265. The lowest BCUT2D eigenvalue weighted by molar-refractivity contribution is 0.0731. The molecule has 0 aromatic heterocycles. The Morgan fingerprint density at radius 1 is 0.206 bits per heavy atom. The molecule has 0 bridgehead atoms. The van der Waals surface area contributed by atoms with Gasteiger partial charge < -0.3 is 61.3 Å². The molecular formula is C98H88Br8Cl8O12. The molecule has 0 aliphatic heterocycles. The van der Waals surface area contributed by atoms with Crippen molar-refractivity contribution in [1.29, 1.82) is 0 Å². The minimum Gasteiger partial charge on any atom is -0.507 e. The smallest absolute Gasteiger partial charge is 0.152 e. The summed E-state index contributed by atoms with van der Waals surface area (Å²) in [5.41, 5.74) is 5.28. The minimum atomic E-state index is -1.62. The van der Waals surface area contributed by atoms with E-state index in [9.17, 15) is 61.3 Å². The van der Waals surface area contributed by atoms with Crippen LogP contribution in [0.4, 0.5) is 0 Å². The van der Waals surface area contributed by atoms with E-state index in [0.29, 0.717) is 127 Å². The molecule has 0 unspecified atom stereocenters. The average Bonchev–Trinajstić information content (AvgIpc) is 0.678. The van der Waals surface area contributed by atoms with Crippen LogP contribution in [0.15, 0.2) is 181 Å². The molecule has 12 rings (SSSR count). The Labute approximate surface area is 840 Å². The molecule has 0 atom stereocenters. The van der Waals surface area contributed by atoms with Crippen LogP contribution >= 0.6 is 220 Å². The summed E-state index contributed by atoms with van der Waals surface area (Å²) >= 11 is 83.8. The fourth-order valence-corrected chi connectivity index (χ4v) is 25.4. The van der Waals surface area contributed by atoms with Gasteiger partial charge in [-0.2, -0.15) is 0 Å². The first-order valence-corrected chi connectivity index (χ1v) is 48.6. The van der Waals surface area contributed by atoms with Crippen molar-refractivity contribution < 1.29 is 61.3 Å². The van der Waals surface area contributed by atoms with E-state index >= 15 is 0 Å². The lowest BCUT2D eigenvalue weighted by Crippen LogP contribution is -2.54. The minimum absolute atomic E-state index is 0.00731. The van der Waals surface area contributed by atoms with Crippen LogP contribution < -0.4 is 0 Å². The van der Waals surface area contributed by atoms with Crippen molar-refractivity contribution in [2.45, 2.75) is 162 Å². The van der Waals surface area contributed by atoms with Gasteiger partial charge in [-0.05, 0) is 429 Å². The molecule has 0 fully saturated rings. The molecule has 0 saturated carbocycles. The van der Waals surface area contributed by atoms with Crippen molar-refractivity contribution in [1.82, 2.24) is 0 Å². The maximum absolute atomic E-state index is 11.7. The van der Waals surface area contributed by atoms with Crippen molar-refractivity contribution in [3.05, 3.63) is 333 Å². The molecule has 12 aromatic carbocycles. The van der Waals surface area contributed by atoms with Crippen LogP contribution in [0.2, 0.25) is 40.2 Å². The second-order valence-electron chi connectivity index (χ2n) is 34.1. The Balaban J connectivity index is 0.000000306. The number of phenols is 12. The zero-order valence-electron chi connectivity index (χ0n) is 70.3. The van der Waals surface area contributed by atoms with Crippen LogP contribution in [-0.2, 0) is 32.5 Å². The van der Waals surface area contributed by atoms with Crippen molar-refractivity contribution in [3.8, 4) is 69.0 Å². The monoisotopic (exact) mass is 2370 g/mol. The molecule has 0 aliphatic carbocycles. The first-order valence-electron chi connectivity index (χ1n) is 39.2. The molecule has 28 heteroatoms. The number of halogens is 16. The zero-order chi connectivity index (χ0) is 93.7. The van der Waals surface area contributed by atoms with E-state index < -0.39 is 37.9 Å². The second-order valence-corrected chi connectivity index (χ2v) is 44.2. The molecule has 0 spiro atoms. The molecule has 0 aliphatic rings. The van der Waals surface area contributed by atoms with E-state index in [0.717, 1.165) is 33.4 Å². The van der Waals surface area contributed by atoms with Gasteiger partial charge in [-0.3, -0.25) is 0 Å². The topological polar surface area (TPSA) is 243 Å². The molecule has 12 aromatic rings. The molecular weight excluding hydrogens is 2290 g/mol. The lowest BCUT2D eigenvalue weighted by Gasteiger charge is -2.59. The van der Waals surface area contributed by atoms with Crippen molar-refractivity contribution in [2.24, 2.45) is 5.41 Å². The Morgan fingerprint density at radius 2 is 0.365 bits per heavy atom. The normalized spacial score (nSPS) is 12.4. The van der Waals surface area contributed by atoms with Crippen LogP contribution in [-0.4, -0.2) is 61.3 Å². The average molecular weight is 2380 g/mol. The number of rotatable bonds is 22. The van der Waals surface area contributed by atoms with Gasteiger partial charge >= 0.3 is 0 Å². The number of benzene rings is 12. The number of hydrogen-bond donors (Lipinski definition) is 12. The molecule has 0 saturated heterocycles. The van der Waals surface area contributed by atoms with Gasteiger partial charge in [0.15, 0.2) is 23.0 Å². The molecule has 0 amide bonds. The summed E-state index contributed by atoms with van der Waals surface area (Å²) in [4.78, 5) is 0. The van der Waals surface area contributed by atoms with Gasteiger partial charge in [0, 0.05) is 32.5 Å². The van der Waals surface area contributed by atoms with Gasteiger partial charge in [0.05, 0.1) is 76.0 Å². The van der Waals surface area contributed by atoms with Gasteiger partial charge in [0.1, 0.15) is 46.0 Å². The van der Waals surface area contributed by atoms with E-state index in [1.807, 2.05) is 166 Å². The number of aryl methyl sites for hydroxylation is 8. The highest BCUT2D eigenvalue weighted by molar-refractivity contribution is 9.12. The highest BCUT2D eigenvalue weighted by atomic mass is 79.9. The van der Waals surface area contributed by atoms with Gasteiger partial charge in [0.25, 0.3) is 0 Å². The molecule has 0 radical (unpaired) electrons. The quantitative estimate of drug-likeness (QED) is 0.0303. The molecule has 12 nitrogen and oxygen atoms in total. The van der Waals surface area contributed by atoms with Crippen LogP contribution in [0, 0.1) is 60.8 Å². The highest BCUT2D eigenvalue weighted by Crippen LogP contribution is 2.67. The highest BCUT2D eigenvalue weighted by Gasteiger charge is 2.60. The Bertz CT molecular complexity index is 5650. The second kappa shape index (κ2) is 38.2. The Kier molecular flexibility index (Phi) is 30.6. The maximum atomic E-state index is 11.7. The van der Waals surface area contributed by atoms with E-state index in [1.165, 1.54) is 0 Å². The molecule has 12 N–H and O–H groups in total. The van der Waals surface area contributed by atoms with Crippen molar-refractivity contribution in [3.63, 3.8) is 0 Å². The molecule has 664 valence electrons.